The molecular formula is C12H16F3N3O2. The second-order valence-electron chi connectivity index (χ2n) is 5.01. The largest absolute Gasteiger partial charge is 0.480 e. The van der Waals surface area contributed by atoms with Gasteiger partial charge in [0.15, 0.2) is 0 Å². The Kier molecular flexibility index (Phi) is 3.77. The number of aliphatic carboxylic acids is 1. The Bertz CT molecular complexity index is 496. The number of alkyl halides is 3. The topological polar surface area (TPSA) is 67.2 Å². The summed E-state index contributed by atoms with van der Waals surface area (Å²) in [6.45, 7) is 2.08. The number of carboxylic acids is 1. The third kappa shape index (κ3) is 2.79. The van der Waals surface area contributed by atoms with E-state index < -0.39 is 23.2 Å². The second kappa shape index (κ2) is 5.08. The Hall–Kier alpha value is -1.57. The summed E-state index contributed by atoms with van der Waals surface area (Å²) >= 11 is 0. The predicted octanol–water partition coefficient (Wildman–Crippen LogP) is 1.74. The average Bonchev–Trinajstić information content (AvgIpc) is 3.07. The molecule has 1 heterocycles. The van der Waals surface area contributed by atoms with Crippen LogP contribution in [0.15, 0.2) is 12.4 Å². The van der Waals surface area contributed by atoms with Crippen LogP contribution in [0.5, 0.6) is 0 Å². The number of hydrogen-bond acceptors (Lipinski definition) is 3. The molecule has 0 saturated heterocycles. The van der Waals surface area contributed by atoms with Crippen molar-refractivity contribution in [3.8, 4) is 0 Å². The Labute approximate surface area is 113 Å². The third-order valence-electron chi connectivity index (χ3n) is 3.52. The molecule has 1 aromatic heterocycles. The highest BCUT2D eigenvalue weighted by atomic mass is 19.4. The van der Waals surface area contributed by atoms with Gasteiger partial charge in [-0.1, -0.05) is 6.92 Å². The first-order chi connectivity index (χ1) is 9.29. The molecule has 1 saturated carbocycles. The van der Waals surface area contributed by atoms with E-state index in [0.29, 0.717) is 12.7 Å². The van der Waals surface area contributed by atoms with Gasteiger partial charge in [-0.25, -0.2) is 0 Å². The van der Waals surface area contributed by atoms with Crippen LogP contribution in [0.3, 0.4) is 0 Å². The van der Waals surface area contributed by atoms with Crippen molar-refractivity contribution in [1.29, 1.82) is 0 Å². The van der Waals surface area contributed by atoms with Gasteiger partial charge in [-0.2, -0.15) is 18.3 Å². The molecular weight excluding hydrogens is 275 g/mol. The molecule has 1 atom stereocenters. The first kappa shape index (κ1) is 14.8. The summed E-state index contributed by atoms with van der Waals surface area (Å²) in [4.78, 5) is 11.6. The number of nitrogens with one attached hydrogen (secondary N) is 1. The van der Waals surface area contributed by atoms with Gasteiger partial charge in [0, 0.05) is 6.20 Å². The molecule has 2 rings (SSSR count). The molecule has 0 bridgehead atoms. The van der Waals surface area contributed by atoms with E-state index in [1.54, 1.807) is 6.92 Å². The molecule has 0 aromatic carbocycles. The monoisotopic (exact) mass is 291 g/mol. The highest BCUT2D eigenvalue weighted by Gasteiger charge is 2.51. The number of aromatic nitrogens is 2. The fraction of sp³-hybridized carbons (Fsp3) is 0.667. The van der Waals surface area contributed by atoms with Crippen molar-refractivity contribution in [3.63, 3.8) is 0 Å². The van der Waals surface area contributed by atoms with Crippen LogP contribution in [0.1, 0.15) is 25.3 Å². The SMILES string of the molecule is CCNC(Cn1cc(C(F)(F)F)cn1)(C(=O)O)C1CC1. The van der Waals surface area contributed by atoms with Crippen LogP contribution in [-0.4, -0.2) is 32.9 Å². The van der Waals surface area contributed by atoms with Crippen molar-refractivity contribution < 1.29 is 23.1 Å². The predicted molar refractivity (Wildman–Crippen MR) is 64.0 cm³/mol. The Balaban J connectivity index is 2.24. The summed E-state index contributed by atoms with van der Waals surface area (Å²) in [6, 6.07) is 0. The highest BCUT2D eigenvalue weighted by Crippen LogP contribution is 2.41. The van der Waals surface area contributed by atoms with Crippen molar-refractivity contribution in [2.75, 3.05) is 6.54 Å². The van der Waals surface area contributed by atoms with Gasteiger partial charge in [-0.05, 0) is 25.3 Å². The van der Waals surface area contributed by atoms with Crippen molar-refractivity contribution >= 4 is 5.97 Å². The van der Waals surface area contributed by atoms with E-state index in [2.05, 4.69) is 10.4 Å². The van der Waals surface area contributed by atoms with Gasteiger partial charge >= 0.3 is 12.1 Å². The average molecular weight is 291 g/mol. The van der Waals surface area contributed by atoms with Gasteiger partial charge in [0.05, 0.1) is 18.3 Å². The standard InChI is InChI=1S/C12H16F3N3O2/c1-2-16-11(10(19)20,8-3-4-8)7-18-6-9(5-17-18)12(13,14)15/h5-6,8,16H,2-4,7H2,1H3,(H,19,20). The zero-order chi connectivity index (χ0) is 15.0. The first-order valence-electron chi connectivity index (χ1n) is 6.37. The van der Waals surface area contributed by atoms with E-state index in [4.69, 9.17) is 0 Å². The number of nitrogens with zero attached hydrogens (tertiary/aromatic N) is 2. The lowest BCUT2D eigenvalue weighted by Gasteiger charge is -2.30. The summed E-state index contributed by atoms with van der Waals surface area (Å²) in [6.07, 6.45) is -1.40. The lowest BCUT2D eigenvalue weighted by Crippen LogP contribution is -2.57. The number of hydrogen-bond donors (Lipinski definition) is 2. The summed E-state index contributed by atoms with van der Waals surface area (Å²) in [5.41, 5.74) is -2.12. The third-order valence-corrected chi connectivity index (χ3v) is 3.52. The molecule has 1 aromatic rings. The Morgan fingerprint density at radius 3 is 2.60 bits per heavy atom. The molecule has 5 nitrogen and oxygen atoms in total. The lowest BCUT2D eigenvalue weighted by molar-refractivity contribution is -0.146. The number of carbonyl (C=O) groups is 1. The fourth-order valence-corrected chi connectivity index (χ4v) is 2.39. The molecule has 1 aliphatic carbocycles. The molecule has 112 valence electrons. The van der Waals surface area contributed by atoms with Gasteiger partial charge in [-0.3, -0.25) is 9.48 Å². The number of carboxylic acid groups (broad SMARTS) is 1. The molecule has 2 N–H and O–H groups in total. The highest BCUT2D eigenvalue weighted by molar-refractivity contribution is 5.79. The lowest BCUT2D eigenvalue weighted by atomic mass is 9.93. The normalized spacial score (nSPS) is 18.8. The van der Waals surface area contributed by atoms with E-state index in [1.807, 2.05) is 0 Å². The molecule has 1 aliphatic rings. The smallest absolute Gasteiger partial charge is 0.419 e. The van der Waals surface area contributed by atoms with Crippen molar-refractivity contribution in [2.45, 2.75) is 38.0 Å². The molecule has 20 heavy (non-hydrogen) atoms. The van der Waals surface area contributed by atoms with E-state index >= 15 is 0 Å². The van der Waals surface area contributed by atoms with Gasteiger partial charge in [0.25, 0.3) is 0 Å². The van der Waals surface area contributed by atoms with E-state index in [-0.39, 0.29) is 12.5 Å². The van der Waals surface area contributed by atoms with Crippen molar-refractivity contribution in [3.05, 3.63) is 18.0 Å². The summed E-state index contributed by atoms with van der Waals surface area (Å²) in [7, 11) is 0. The van der Waals surface area contributed by atoms with Gasteiger partial charge < -0.3 is 10.4 Å². The fourth-order valence-electron chi connectivity index (χ4n) is 2.39. The quantitative estimate of drug-likeness (QED) is 0.838. The molecule has 0 radical (unpaired) electrons. The Morgan fingerprint density at radius 1 is 1.55 bits per heavy atom. The van der Waals surface area contributed by atoms with E-state index in [1.165, 1.54) is 0 Å². The van der Waals surface area contributed by atoms with Crippen LogP contribution in [0.25, 0.3) is 0 Å². The molecule has 0 aliphatic heterocycles. The van der Waals surface area contributed by atoms with Crippen LogP contribution < -0.4 is 5.32 Å². The van der Waals surface area contributed by atoms with Gasteiger partial charge in [-0.15, -0.1) is 0 Å². The first-order valence-corrected chi connectivity index (χ1v) is 6.37. The number of halogens is 3. The molecule has 0 amide bonds. The van der Waals surface area contributed by atoms with Crippen LogP contribution in [0, 0.1) is 5.92 Å². The summed E-state index contributed by atoms with van der Waals surface area (Å²) in [5.74, 6) is -1.12. The van der Waals surface area contributed by atoms with Crippen molar-refractivity contribution in [1.82, 2.24) is 15.1 Å². The van der Waals surface area contributed by atoms with Crippen LogP contribution in [0.2, 0.25) is 0 Å². The minimum atomic E-state index is -4.47. The summed E-state index contributed by atoms with van der Waals surface area (Å²) in [5, 5.41) is 16.0. The van der Waals surface area contributed by atoms with Gasteiger partial charge in [0.2, 0.25) is 0 Å². The minimum Gasteiger partial charge on any atom is -0.480 e. The number of likely N-dealkylation sites (N-methyl/N-ethyl adjacent to an activating group) is 1. The van der Waals surface area contributed by atoms with Crippen LogP contribution >= 0.6 is 0 Å². The van der Waals surface area contributed by atoms with Crippen LogP contribution in [0.4, 0.5) is 13.2 Å². The number of rotatable bonds is 6. The summed E-state index contributed by atoms with van der Waals surface area (Å²) < 4.78 is 38.6. The zero-order valence-electron chi connectivity index (χ0n) is 10.9. The maximum absolute atomic E-state index is 12.5. The maximum atomic E-state index is 12.5. The second-order valence-corrected chi connectivity index (χ2v) is 5.01. The van der Waals surface area contributed by atoms with E-state index in [9.17, 15) is 23.1 Å². The molecule has 8 heteroatoms. The van der Waals surface area contributed by atoms with E-state index in [0.717, 1.165) is 23.7 Å². The van der Waals surface area contributed by atoms with Crippen LogP contribution in [-0.2, 0) is 17.5 Å². The van der Waals surface area contributed by atoms with Gasteiger partial charge in [0.1, 0.15) is 5.54 Å². The zero-order valence-corrected chi connectivity index (χ0v) is 10.9. The molecule has 0 spiro atoms. The van der Waals surface area contributed by atoms with Crippen molar-refractivity contribution in [2.24, 2.45) is 5.92 Å². The molecule has 1 fully saturated rings. The molecule has 1 unspecified atom stereocenters. The Morgan fingerprint density at radius 2 is 2.20 bits per heavy atom. The minimum absolute atomic E-state index is 0.0708. The maximum Gasteiger partial charge on any atom is 0.419 e.